The van der Waals surface area contributed by atoms with Crippen LogP contribution in [0.2, 0.25) is 0 Å². The van der Waals surface area contributed by atoms with Crippen LogP contribution in [-0.4, -0.2) is 128 Å². The van der Waals surface area contributed by atoms with Crippen molar-refractivity contribution in [3.05, 3.63) is 12.7 Å². The van der Waals surface area contributed by atoms with Gasteiger partial charge in [0.25, 0.3) is 0 Å². The molecule has 0 spiro atoms. The average Bonchev–Trinajstić information content (AvgIpc) is 3.64. The summed E-state index contributed by atoms with van der Waals surface area (Å²) in [6, 6.07) is 0. The normalized spacial score (nSPS) is 21.8. The fourth-order valence-electron chi connectivity index (χ4n) is 4.63. The van der Waals surface area contributed by atoms with E-state index in [1.807, 2.05) is 0 Å². The van der Waals surface area contributed by atoms with Crippen molar-refractivity contribution in [1.29, 1.82) is 0 Å². The fourth-order valence-corrected chi connectivity index (χ4v) is 8.16. The predicted molar refractivity (Wildman–Crippen MR) is 187 cm³/mol. The quantitative estimate of drug-likeness (QED) is 0.0391. The second-order valence-electron chi connectivity index (χ2n) is 12.4. The molecule has 2 aromatic heterocycles. The van der Waals surface area contributed by atoms with Crippen LogP contribution in [0.15, 0.2) is 12.7 Å². The number of aromatic nitrogens is 4. The standard InChI is InChI=1S/C26H42N7O18P3S/c1-4-14(34)9-17(36)55-8-7-28-16(35)5-6-29-24(39)21(38)26(2,3)11-48-54(45,46)51-53(43,44)47-10-15-20(50-52(40,41)42)19(37)25(49-15)33-13-32-18-22(27)30-12-31-23(18)33/h12-13,15,19-21,25,37-38H,4-11H2,1-3H3,(H,28,35)(H,29,39)(H,43,44)(H,45,46)(H2,27,30,31)(H2,40,41,42)/t15-,19-,20-,21?,25-/m1/s1. The Kier molecular flexibility index (Phi) is 16.6. The van der Waals surface area contributed by atoms with E-state index < -0.39 is 84.6 Å². The molecule has 0 aromatic carbocycles. The molecule has 310 valence electrons. The number of amides is 2. The van der Waals surface area contributed by atoms with Crippen LogP contribution >= 0.6 is 35.2 Å². The van der Waals surface area contributed by atoms with Crippen LogP contribution < -0.4 is 16.4 Å². The number of anilines is 1. The topological polar surface area (TPSA) is 381 Å². The highest BCUT2D eigenvalue weighted by Crippen LogP contribution is 2.61. The molecule has 0 saturated carbocycles. The van der Waals surface area contributed by atoms with Gasteiger partial charge in [0.15, 0.2) is 22.8 Å². The lowest BCUT2D eigenvalue weighted by Crippen LogP contribution is -2.46. The van der Waals surface area contributed by atoms with Crippen LogP contribution in [0.1, 0.15) is 46.3 Å². The number of nitrogens with two attached hydrogens (primary N) is 1. The van der Waals surface area contributed by atoms with E-state index in [1.54, 1.807) is 6.92 Å². The molecule has 2 aromatic rings. The highest BCUT2D eigenvalue weighted by Gasteiger charge is 2.50. The Morgan fingerprint density at radius 2 is 1.73 bits per heavy atom. The van der Waals surface area contributed by atoms with E-state index in [9.17, 15) is 62.7 Å². The number of nitrogen functional groups attached to an aromatic ring is 1. The molecule has 1 aliphatic rings. The number of carbonyl (C=O) groups is 4. The number of phosphoric acid groups is 3. The number of fused-ring (bicyclic) bond motifs is 1. The highest BCUT2D eigenvalue weighted by molar-refractivity contribution is 8.13. The van der Waals surface area contributed by atoms with Crippen molar-refractivity contribution in [3.63, 3.8) is 0 Å². The van der Waals surface area contributed by atoms with Gasteiger partial charge in [0, 0.05) is 37.1 Å². The number of hydrogen-bond donors (Lipinski definition) is 9. The van der Waals surface area contributed by atoms with Gasteiger partial charge in [0.05, 0.1) is 26.0 Å². The number of nitrogens with one attached hydrogen (secondary N) is 2. The number of aliphatic hydroxyl groups excluding tert-OH is 2. The molecule has 3 rings (SSSR count). The van der Waals surface area contributed by atoms with Gasteiger partial charge in [0.1, 0.15) is 42.0 Å². The number of aliphatic hydroxyl groups is 2. The second-order valence-corrected chi connectivity index (χ2v) is 17.7. The lowest BCUT2D eigenvalue weighted by Gasteiger charge is -2.30. The molecule has 25 nitrogen and oxygen atoms in total. The molecular weight excluding hydrogens is 823 g/mol. The molecule has 1 saturated heterocycles. The largest absolute Gasteiger partial charge is 0.481 e. The fraction of sp³-hybridized carbons (Fsp3) is 0.654. The molecule has 3 heterocycles. The van der Waals surface area contributed by atoms with E-state index in [2.05, 4.69) is 34.4 Å². The van der Waals surface area contributed by atoms with Crippen LogP contribution in [-0.2, 0) is 55.5 Å². The summed E-state index contributed by atoms with van der Waals surface area (Å²) in [7, 11) is -16.4. The third-order valence-electron chi connectivity index (χ3n) is 7.50. The molecule has 2 amide bonds. The zero-order valence-corrected chi connectivity index (χ0v) is 32.9. The molecule has 0 aliphatic carbocycles. The summed E-state index contributed by atoms with van der Waals surface area (Å²) >= 11 is 0.893. The summed E-state index contributed by atoms with van der Waals surface area (Å²) in [4.78, 5) is 98.3. The van der Waals surface area contributed by atoms with Crippen molar-refractivity contribution < 1.29 is 85.3 Å². The first-order valence-electron chi connectivity index (χ1n) is 16.0. The Labute approximate surface area is 316 Å². The highest BCUT2D eigenvalue weighted by atomic mass is 32.2. The summed E-state index contributed by atoms with van der Waals surface area (Å²) in [5.41, 5.74) is 4.22. The van der Waals surface area contributed by atoms with Gasteiger partial charge in [-0.1, -0.05) is 32.5 Å². The number of carbonyl (C=O) groups excluding carboxylic acids is 4. The third-order valence-corrected chi connectivity index (χ3v) is 11.5. The van der Waals surface area contributed by atoms with E-state index >= 15 is 0 Å². The molecule has 7 atom stereocenters. The van der Waals surface area contributed by atoms with Crippen molar-refractivity contribution in [2.45, 2.75) is 70.7 Å². The molecule has 29 heteroatoms. The van der Waals surface area contributed by atoms with Crippen molar-refractivity contribution in [3.8, 4) is 0 Å². The van der Waals surface area contributed by atoms with Gasteiger partial charge in [-0.2, -0.15) is 4.31 Å². The maximum atomic E-state index is 12.7. The van der Waals surface area contributed by atoms with Crippen molar-refractivity contribution in [2.24, 2.45) is 5.41 Å². The monoisotopic (exact) mass is 865 g/mol. The van der Waals surface area contributed by atoms with E-state index in [0.717, 1.165) is 29.0 Å². The molecule has 0 radical (unpaired) electrons. The zero-order chi connectivity index (χ0) is 41.4. The Morgan fingerprint density at radius 1 is 1.05 bits per heavy atom. The third kappa shape index (κ3) is 14.3. The van der Waals surface area contributed by atoms with Crippen LogP contribution in [0.5, 0.6) is 0 Å². The lowest BCUT2D eigenvalue weighted by molar-refractivity contribution is -0.137. The van der Waals surface area contributed by atoms with Gasteiger partial charge >= 0.3 is 23.5 Å². The number of ether oxygens (including phenoxy) is 1. The van der Waals surface area contributed by atoms with Gasteiger partial charge in [-0.25, -0.2) is 28.6 Å². The van der Waals surface area contributed by atoms with Crippen LogP contribution in [0.3, 0.4) is 0 Å². The smallest absolute Gasteiger partial charge is 0.386 e. The molecule has 55 heavy (non-hydrogen) atoms. The molecule has 1 fully saturated rings. The van der Waals surface area contributed by atoms with Gasteiger partial charge in [0.2, 0.25) is 11.8 Å². The number of ketones is 1. The predicted octanol–water partition coefficient (Wildman–Crippen LogP) is -0.966. The molecule has 1 aliphatic heterocycles. The summed E-state index contributed by atoms with van der Waals surface area (Å²) in [6.07, 6.45) is -6.97. The second kappa shape index (κ2) is 19.6. The number of Topliss-reactive ketones (excluding diaryl/α,β-unsaturated/α-hetero) is 1. The van der Waals surface area contributed by atoms with Gasteiger partial charge in [-0.3, -0.25) is 37.3 Å². The van der Waals surface area contributed by atoms with Crippen LogP contribution in [0.4, 0.5) is 5.82 Å². The summed E-state index contributed by atoms with van der Waals surface area (Å²) < 4.78 is 61.9. The van der Waals surface area contributed by atoms with Crippen LogP contribution in [0, 0.1) is 5.41 Å². The SMILES string of the molecule is CCC(=O)CC(=O)SCCNC(=O)CCNC(=O)C(O)C(C)(C)COP(=O)(O)OP(=O)(O)OC[C@H]1O[C@@H](n2cnc3c(N)ncnc32)[C@H](O)[C@@H]1OP(=O)(O)O. The van der Waals surface area contributed by atoms with Crippen LogP contribution in [0.25, 0.3) is 11.2 Å². The first kappa shape index (κ1) is 46.6. The van der Waals surface area contributed by atoms with E-state index in [4.69, 9.17) is 19.5 Å². The molecule has 3 unspecified atom stereocenters. The first-order chi connectivity index (χ1) is 25.4. The van der Waals surface area contributed by atoms with Crippen molar-refractivity contribution in [2.75, 3.05) is 37.8 Å². The van der Waals surface area contributed by atoms with E-state index in [-0.39, 0.29) is 66.0 Å². The van der Waals surface area contributed by atoms with Crippen molar-refractivity contribution in [1.82, 2.24) is 30.2 Å². The molecular formula is C26H42N7O18P3S. The number of rotatable bonds is 22. The lowest BCUT2D eigenvalue weighted by atomic mass is 9.87. The Morgan fingerprint density at radius 3 is 2.38 bits per heavy atom. The molecule has 10 N–H and O–H groups in total. The average molecular weight is 866 g/mol. The zero-order valence-electron chi connectivity index (χ0n) is 29.4. The van der Waals surface area contributed by atoms with E-state index in [0.29, 0.717) is 0 Å². The van der Waals surface area contributed by atoms with Gasteiger partial charge in [-0.15, -0.1) is 0 Å². The minimum atomic E-state index is -5.58. The summed E-state index contributed by atoms with van der Waals surface area (Å²) in [5.74, 6) is -1.51. The Balaban J connectivity index is 1.49. The van der Waals surface area contributed by atoms with E-state index in [1.165, 1.54) is 13.8 Å². The minimum Gasteiger partial charge on any atom is -0.386 e. The number of nitrogens with zero attached hydrogens (tertiary/aromatic N) is 4. The molecule has 0 bridgehead atoms. The van der Waals surface area contributed by atoms with Gasteiger partial charge < -0.3 is 50.9 Å². The first-order valence-corrected chi connectivity index (χ1v) is 21.5. The Hall–Kier alpha value is -2.77. The number of thioether (sulfide) groups is 1. The number of phosphoric ester groups is 3. The minimum absolute atomic E-state index is 0.0243. The number of hydrogen-bond acceptors (Lipinski definition) is 19. The van der Waals surface area contributed by atoms with Gasteiger partial charge in [-0.05, 0) is 0 Å². The van der Waals surface area contributed by atoms with Crippen molar-refractivity contribution >= 4 is 74.9 Å². The maximum Gasteiger partial charge on any atom is 0.481 e. The maximum absolute atomic E-state index is 12.7. The summed E-state index contributed by atoms with van der Waals surface area (Å²) in [6.45, 7) is 1.95. The summed E-state index contributed by atoms with van der Waals surface area (Å²) in [5, 5.41) is 25.9. The Bertz CT molecular complexity index is 1850. The number of imidazole rings is 1.